The maximum absolute atomic E-state index is 11.4. The summed E-state index contributed by atoms with van der Waals surface area (Å²) >= 11 is 1.66. The van der Waals surface area contributed by atoms with Crippen molar-refractivity contribution < 1.29 is 0 Å². The van der Waals surface area contributed by atoms with Crippen LogP contribution in [0.1, 0.15) is 4.88 Å². The molecule has 3 rings (SSSR count). The topological polar surface area (TPSA) is 76.7 Å². The van der Waals surface area contributed by atoms with Crippen LogP contribution in [0.25, 0.3) is 10.4 Å². The van der Waals surface area contributed by atoms with Crippen molar-refractivity contribution in [3.63, 3.8) is 0 Å². The third kappa shape index (κ3) is 2.43. The highest BCUT2D eigenvalue weighted by molar-refractivity contribution is 7.15. The van der Waals surface area contributed by atoms with Gasteiger partial charge >= 0.3 is 5.69 Å². The summed E-state index contributed by atoms with van der Waals surface area (Å²) in [5, 5.41) is 6.09. The molecule has 2 heterocycles. The standard InChI is InChI=1S/C13H12N4OS/c14-10-3-1-9(2-4-10)12-6-5-11(19-12)7-17-8-15-16-13(17)18/h1-6,8H,7,14H2,(H,16,18). The first-order valence-corrected chi connectivity index (χ1v) is 6.58. The zero-order chi connectivity index (χ0) is 13.2. The van der Waals surface area contributed by atoms with E-state index >= 15 is 0 Å². The van der Waals surface area contributed by atoms with Crippen LogP contribution in [0.5, 0.6) is 0 Å². The summed E-state index contributed by atoms with van der Waals surface area (Å²) in [5.74, 6) is 0. The van der Waals surface area contributed by atoms with E-state index in [-0.39, 0.29) is 5.69 Å². The van der Waals surface area contributed by atoms with Crippen molar-refractivity contribution in [1.29, 1.82) is 0 Å². The molecule has 0 aliphatic rings. The molecule has 0 spiro atoms. The van der Waals surface area contributed by atoms with Gasteiger partial charge in [-0.1, -0.05) is 12.1 Å². The maximum atomic E-state index is 11.4. The van der Waals surface area contributed by atoms with Crippen LogP contribution in [-0.2, 0) is 6.54 Å². The molecule has 19 heavy (non-hydrogen) atoms. The summed E-state index contributed by atoms with van der Waals surface area (Å²) < 4.78 is 1.54. The lowest BCUT2D eigenvalue weighted by Gasteiger charge is -1.98. The van der Waals surface area contributed by atoms with Gasteiger partial charge in [0.1, 0.15) is 6.33 Å². The number of thiophene rings is 1. The van der Waals surface area contributed by atoms with Crippen molar-refractivity contribution in [2.75, 3.05) is 5.73 Å². The maximum Gasteiger partial charge on any atom is 0.343 e. The third-order valence-corrected chi connectivity index (χ3v) is 3.92. The number of rotatable bonds is 3. The molecule has 0 atom stereocenters. The number of aromatic amines is 1. The number of nitrogens with two attached hydrogens (primary N) is 1. The SMILES string of the molecule is Nc1ccc(-c2ccc(Cn3cn[nH]c3=O)s2)cc1. The molecule has 0 fully saturated rings. The van der Waals surface area contributed by atoms with Gasteiger partial charge in [-0.2, -0.15) is 5.10 Å². The molecule has 2 aromatic heterocycles. The molecule has 0 bridgehead atoms. The predicted molar refractivity (Wildman–Crippen MR) is 76.1 cm³/mol. The Kier molecular flexibility index (Phi) is 2.92. The fourth-order valence-electron chi connectivity index (χ4n) is 1.82. The molecule has 3 aromatic rings. The Morgan fingerprint density at radius 1 is 1.21 bits per heavy atom. The molecule has 5 nitrogen and oxygen atoms in total. The quantitative estimate of drug-likeness (QED) is 0.715. The van der Waals surface area contributed by atoms with E-state index in [0.29, 0.717) is 6.54 Å². The summed E-state index contributed by atoms with van der Waals surface area (Å²) in [4.78, 5) is 13.6. The molecule has 6 heteroatoms. The first kappa shape index (κ1) is 11.7. The summed E-state index contributed by atoms with van der Waals surface area (Å²) in [6.45, 7) is 0.537. The van der Waals surface area contributed by atoms with Gasteiger partial charge in [0.15, 0.2) is 0 Å². The molecule has 96 valence electrons. The van der Waals surface area contributed by atoms with Crippen molar-refractivity contribution >= 4 is 17.0 Å². The Morgan fingerprint density at radius 2 is 2.00 bits per heavy atom. The van der Waals surface area contributed by atoms with E-state index in [2.05, 4.69) is 16.3 Å². The van der Waals surface area contributed by atoms with Crippen LogP contribution in [0.15, 0.2) is 47.5 Å². The molecule has 0 saturated heterocycles. The Hall–Kier alpha value is -2.34. The Balaban J connectivity index is 1.85. The van der Waals surface area contributed by atoms with Crippen LogP contribution in [0, 0.1) is 0 Å². The number of nitrogens with one attached hydrogen (secondary N) is 1. The summed E-state index contributed by atoms with van der Waals surface area (Å²) in [6, 6.07) is 11.8. The number of hydrogen-bond acceptors (Lipinski definition) is 4. The van der Waals surface area contributed by atoms with Gasteiger partial charge in [0.2, 0.25) is 0 Å². The average Bonchev–Trinajstić information content (AvgIpc) is 3.01. The van der Waals surface area contributed by atoms with E-state index in [1.807, 2.05) is 30.3 Å². The molecular formula is C13H12N4OS. The van der Waals surface area contributed by atoms with Gasteiger partial charge < -0.3 is 5.73 Å². The Bertz CT molecular complexity index is 738. The second-order valence-electron chi connectivity index (χ2n) is 4.18. The monoisotopic (exact) mass is 272 g/mol. The van der Waals surface area contributed by atoms with E-state index in [0.717, 1.165) is 21.0 Å². The minimum absolute atomic E-state index is 0.192. The van der Waals surface area contributed by atoms with Crippen molar-refractivity contribution in [2.24, 2.45) is 0 Å². The highest BCUT2D eigenvalue weighted by atomic mass is 32.1. The summed E-state index contributed by atoms with van der Waals surface area (Å²) in [6.07, 6.45) is 1.50. The van der Waals surface area contributed by atoms with Gasteiger partial charge in [0.05, 0.1) is 6.54 Å². The van der Waals surface area contributed by atoms with Crippen LogP contribution >= 0.6 is 11.3 Å². The molecule has 0 aliphatic carbocycles. The van der Waals surface area contributed by atoms with E-state index in [1.165, 1.54) is 6.33 Å². The van der Waals surface area contributed by atoms with Gasteiger partial charge in [-0.15, -0.1) is 11.3 Å². The molecular weight excluding hydrogens is 260 g/mol. The van der Waals surface area contributed by atoms with Crippen LogP contribution in [0.3, 0.4) is 0 Å². The van der Waals surface area contributed by atoms with Gasteiger partial charge in [-0.25, -0.2) is 9.89 Å². The fraction of sp³-hybridized carbons (Fsp3) is 0.0769. The number of nitrogen functional groups attached to an aromatic ring is 1. The van der Waals surface area contributed by atoms with E-state index in [9.17, 15) is 4.79 Å². The van der Waals surface area contributed by atoms with Crippen molar-refractivity contribution in [1.82, 2.24) is 14.8 Å². The Labute approximate surface area is 113 Å². The number of anilines is 1. The zero-order valence-corrected chi connectivity index (χ0v) is 10.9. The van der Waals surface area contributed by atoms with E-state index in [1.54, 1.807) is 15.9 Å². The van der Waals surface area contributed by atoms with E-state index < -0.39 is 0 Å². The number of benzene rings is 1. The van der Waals surface area contributed by atoms with Gasteiger partial charge in [0, 0.05) is 15.4 Å². The molecule has 0 radical (unpaired) electrons. The number of aromatic nitrogens is 3. The largest absolute Gasteiger partial charge is 0.399 e. The highest BCUT2D eigenvalue weighted by Crippen LogP contribution is 2.28. The Morgan fingerprint density at radius 3 is 2.68 bits per heavy atom. The smallest absolute Gasteiger partial charge is 0.343 e. The second-order valence-corrected chi connectivity index (χ2v) is 5.35. The number of hydrogen-bond donors (Lipinski definition) is 2. The minimum Gasteiger partial charge on any atom is -0.399 e. The van der Waals surface area contributed by atoms with Crippen LogP contribution in [0.4, 0.5) is 5.69 Å². The van der Waals surface area contributed by atoms with Crippen molar-refractivity contribution in [2.45, 2.75) is 6.54 Å². The lowest BCUT2D eigenvalue weighted by Crippen LogP contribution is -2.16. The molecule has 1 aromatic carbocycles. The minimum atomic E-state index is -0.192. The molecule has 0 aliphatic heterocycles. The zero-order valence-electron chi connectivity index (χ0n) is 10.0. The second kappa shape index (κ2) is 4.74. The average molecular weight is 272 g/mol. The number of nitrogens with zero attached hydrogens (tertiary/aromatic N) is 2. The molecule has 0 saturated carbocycles. The van der Waals surface area contributed by atoms with Crippen molar-refractivity contribution in [3.05, 3.63) is 58.1 Å². The lowest BCUT2D eigenvalue weighted by atomic mass is 10.2. The normalized spacial score (nSPS) is 10.7. The third-order valence-electron chi connectivity index (χ3n) is 2.80. The van der Waals surface area contributed by atoms with Crippen LogP contribution in [0.2, 0.25) is 0 Å². The molecule has 3 N–H and O–H groups in total. The van der Waals surface area contributed by atoms with Gasteiger partial charge in [-0.3, -0.25) is 4.57 Å². The summed E-state index contributed by atoms with van der Waals surface area (Å²) in [5.41, 5.74) is 7.36. The van der Waals surface area contributed by atoms with Gasteiger partial charge in [0.25, 0.3) is 0 Å². The van der Waals surface area contributed by atoms with Crippen LogP contribution < -0.4 is 11.4 Å². The van der Waals surface area contributed by atoms with Gasteiger partial charge in [-0.05, 0) is 29.8 Å². The van der Waals surface area contributed by atoms with Crippen molar-refractivity contribution in [3.8, 4) is 10.4 Å². The number of H-pyrrole nitrogens is 1. The molecule has 0 amide bonds. The first-order valence-electron chi connectivity index (χ1n) is 5.77. The first-order chi connectivity index (χ1) is 9.22. The molecule has 0 unspecified atom stereocenters. The lowest BCUT2D eigenvalue weighted by molar-refractivity contribution is 0.772. The van der Waals surface area contributed by atoms with Crippen LogP contribution in [-0.4, -0.2) is 14.8 Å². The highest BCUT2D eigenvalue weighted by Gasteiger charge is 2.05. The predicted octanol–water partition coefficient (Wildman–Crippen LogP) is 1.93. The summed E-state index contributed by atoms with van der Waals surface area (Å²) in [7, 11) is 0. The van der Waals surface area contributed by atoms with E-state index in [4.69, 9.17) is 5.73 Å². The fourth-order valence-corrected chi connectivity index (χ4v) is 2.83.